The van der Waals surface area contributed by atoms with Crippen molar-refractivity contribution in [1.82, 2.24) is 0 Å². The number of amides is 1. The van der Waals surface area contributed by atoms with E-state index in [0.29, 0.717) is 18.3 Å². The first kappa shape index (κ1) is 15.0. The molecule has 2 unspecified atom stereocenters. The van der Waals surface area contributed by atoms with Gasteiger partial charge in [-0.25, -0.2) is 0 Å². The predicted molar refractivity (Wildman–Crippen MR) is 83.7 cm³/mol. The monoisotopic (exact) mass is 274 g/mol. The third-order valence-corrected chi connectivity index (χ3v) is 4.28. The van der Waals surface area contributed by atoms with Crippen molar-refractivity contribution in [1.29, 1.82) is 0 Å². The molecule has 1 saturated carbocycles. The minimum absolute atomic E-state index is 0.0876. The Labute approximate surface area is 121 Å². The van der Waals surface area contributed by atoms with Gasteiger partial charge in [0.2, 0.25) is 5.91 Å². The maximum absolute atomic E-state index is 12.1. The van der Waals surface area contributed by atoms with Crippen LogP contribution < -0.4 is 11.1 Å². The van der Waals surface area contributed by atoms with Gasteiger partial charge in [-0.2, -0.15) is 0 Å². The van der Waals surface area contributed by atoms with Crippen LogP contribution in [0.3, 0.4) is 0 Å². The summed E-state index contributed by atoms with van der Waals surface area (Å²) < 4.78 is 0. The van der Waals surface area contributed by atoms with Crippen molar-refractivity contribution in [3.8, 4) is 0 Å². The Morgan fingerprint density at radius 2 is 1.90 bits per heavy atom. The summed E-state index contributed by atoms with van der Waals surface area (Å²) in [5, 5.41) is 2.98. The average molecular weight is 274 g/mol. The fraction of sp³-hybridized carbons (Fsp3) is 0.588. The second-order valence-corrected chi connectivity index (χ2v) is 6.24. The van der Waals surface area contributed by atoms with E-state index in [2.05, 4.69) is 31.3 Å². The lowest BCUT2D eigenvalue weighted by Gasteiger charge is -2.27. The van der Waals surface area contributed by atoms with E-state index in [-0.39, 0.29) is 11.9 Å². The number of anilines is 1. The van der Waals surface area contributed by atoms with E-state index < -0.39 is 0 Å². The summed E-state index contributed by atoms with van der Waals surface area (Å²) in [6.07, 6.45) is 5.10. The Morgan fingerprint density at radius 1 is 1.25 bits per heavy atom. The van der Waals surface area contributed by atoms with Crippen LogP contribution in [-0.4, -0.2) is 11.9 Å². The lowest BCUT2D eigenvalue weighted by molar-refractivity contribution is -0.117. The molecule has 110 valence electrons. The van der Waals surface area contributed by atoms with Crippen LogP contribution in [0.5, 0.6) is 0 Å². The van der Waals surface area contributed by atoms with Gasteiger partial charge in [0.25, 0.3) is 0 Å². The number of hydrogen-bond donors (Lipinski definition) is 2. The van der Waals surface area contributed by atoms with Gasteiger partial charge < -0.3 is 11.1 Å². The molecule has 0 aromatic heterocycles. The number of rotatable bonds is 4. The number of nitrogens with two attached hydrogens (primary N) is 1. The zero-order valence-corrected chi connectivity index (χ0v) is 12.6. The van der Waals surface area contributed by atoms with Crippen LogP contribution in [0.15, 0.2) is 24.3 Å². The molecule has 3 nitrogen and oxygen atoms in total. The topological polar surface area (TPSA) is 55.1 Å². The van der Waals surface area contributed by atoms with Crippen LogP contribution >= 0.6 is 0 Å². The normalized spacial score (nSPS) is 22.8. The summed E-state index contributed by atoms with van der Waals surface area (Å²) in [6.45, 7) is 4.33. The third kappa shape index (κ3) is 4.07. The molecule has 1 aliphatic carbocycles. The van der Waals surface area contributed by atoms with Gasteiger partial charge in [-0.05, 0) is 42.4 Å². The molecule has 1 aromatic carbocycles. The van der Waals surface area contributed by atoms with Crippen molar-refractivity contribution in [2.75, 3.05) is 5.32 Å². The Bertz CT molecular complexity index is 439. The smallest absolute Gasteiger partial charge is 0.224 e. The summed E-state index contributed by atoms with van der Waals surface area (Å²) in [5.74, 6) is 0.948. The number of hydrogen-bond acceptors (Lipinski definition) is 2. The lowest BCUT2D eigenvalue weighted by Crippen LogP contribution is -2.35. The standard InChI is InChI=1S/C17H26N2O/c1-12(2)13-7-9-15(10-8-13)19-17(20)11-14-5-3-4-6-16(14)18/h7-10,12,14,16H,3-6,11,18H2,1-2H3,(H,19,20). The Balaban J connectivity index is 1.87. The fourth-order valence-electron chi connectivity index (χ4n) is 2.89. The highest BCUT2D eigenvalue weighted by molar-refractivity contribution is 5.90. The van der Waals surface area contributed by atoms with E-state index >= 15 is 0 Å². The summed E-state index contributed by atoms with van der Waals surface area (Å²) >= 11 is 0. The van der Waals surface area contributed by atoms with Crippen LogP contribution in [0, 0.1) is 5.92 Å². The molecule has 3 heteroatoms. The van der Waals surface area contributed by atoms with Gasteiger partial charge in [0, 0.05) is 18.2 Å². The van der Waals surface area contributed by atoms with Gasteiger partial charge in [-0.15, -0.1) is 0 Å². The van der Waals surface area contributed by atoms with Gasteiger partial charge in [0.15, 0.2) is 0 Å². The molecule has 0 heterocycles. The van der Waals surface area contributed by atoms with Gasteiger partial charge in [-0.3, -0.25) is 4.79 Å². The van der Waals surface area contributed by atoms with Crippen LogP contribution in [0.4, 0.5) is 5.69 Å². The average Bonchev–Trinajstić information content (AvgIpc) is 2.42. The highest BCUT2D eigenvalue weighted by Crippen LogP contribution is 2.26. The number of benzene rings is 1. The van der Waals surface area contributed by atoms with Crippen LogP contribution in [-0.2, 0) is 4.79 Å². The van der Waals surface area contributed by atoms with Crippen LogP contribution in [0.25, 0.3) is 0 Å². The van der Waals surface area contributed by atoms with E-state index in [0.717, 1.165) is 18.5 Å². The number of nitrogens with one attached hydrogen (secondary N) is 1. The molecule has 2 rings (SSSR count). The minimum atomic E-state index is 0.0876. The molecule has 0 saturated heterocycles. The van der Waals surface area contributed by atoms with Gasteiger partial charge >= 0.3 is 0 Å². The SMILES string of the molecule is CC(C)c1ccc(NC(=O)CC2CCCCC2N)cc1. The molecule has 0 spiro atoms. The zero-order valence-electron chi connectivity index (χ0n) is 12.6. The van der Waals surface area contributed by atoms with E-state index in [1.165, 1.54) is 18.4 Å². The Hall–Kier alpha value is -1.35. The molecule has 1 amide bonds. The molecular formula is C17H26N2O. The zero-order chi connectivity index (χ0) is 14.5. The van der Waals surface area contributed by atoms with E-state index in [4.69, 9.17) is 5.73 Å². The van der Waals surface area contributed by atoms with Crippen molar-refractivity contribution in [2.24, 2.45) is 11.7 Å². The van der Waals surface area contributed by atoms with Gasteiger partial charge in [0.1, 0.15) is 0 Å². The maximum atomic E-state index is 12.1. The second kappa shape index (κ2) is 6.89. The second-order valence-electron chi connectivity index (χ2n) is 6.24. The predicted octanol–water partition coefficient (Wildman–Crippen LogP) is 3.66. The molecule has 3 N–H and O–H groups in total. The van der Waals surface area contributed by atoms with Gasteiger partial charge in [-0.1, -0.05) is 38.8 Å². The minimum Gasteiger partial charge on any atom is -0.327 e. The fourth-order valence-corrected chi connectivity index (χ4v) is 2.89. The summed E-state index contributed by atoms with van der Waals surface area (Å²) in [4.78, 5) is 12.1. The van der Waals surface area contributed by atoms with Crippen molar-refractivity contribution in [2.45, 2.75) is 57.9 Å². The summed E-state index contributed by atoms with van der Waals surface area (Å²) in [6, 6.07) is 8.30. The first-order chi connectivity index (χ1) is 9.56. The van der Waals surface area contributed by atoms with Crippen molar-refractivity contribution >= 4 is 11.6 Å². The van der Waals surface area contributed by atoms with E-state index in [1.807, 2.05) is 12.1 Å². The Morgan fingerprint density at radius 3 is 2.50 bits per heavy atom. The lowest BCUT2D eigenvalue weighted by atomic mass is 9.83. The largest absolute Gasteiger partial charge is 0.327 e. The molecule has 0 bridgehead atoms. The first-order valence-electron chi connectivity index (χ1n) is 7.71. The Kier molecular flexibility index (Phi) is 5.18. The molecule has 0 aliphatic heterocycles. The van der Waals surface area contributed by atoms with E-state index in [1.54, 1.807) is 0 Å². The quantitative estimate of drug-likeness (QED) is 0.880. The molecule has 2 atom stereocenters. The summed E-state index contributed by atoms with van der Waals surface area (Å²) in [5.41, 5.74) is 8.26. The van der Waals surface area contributed by atoms with Crippen LogP contribution in [0.2, 0.25) is 0 Å². The first-order valence-corrected chi connectivity index (χ1v) is 7.71. The molecule has 1 fully saturated rings. The number of carbonyl (C=O) groups excluding carboxylic acids is 1. The highest BCUT2D eigenvalue weighted by atomic mass is 16.1. The van der Waals surface area contributed by atoms with Crippen molar-refractivity contribution in [3.05, 3.63) is 29.8 Å². The van der Waals surface area contributed by atoms with Crippen molar-refractivity contribution in [3.63, 3.8) is 0 Å². The molecule has 0 radical (unpaired) electrons. The molecule has 1 aromatic rings. The number of carbonyl (C=O) groups is 1. The van der Waals surface area contributed by atoms with Crippen molar-refractivity contribution < 1.29 is 4.79 Å². The third-order valence-electron chi connectivity index (χ3n) is 4.28. The van der Waals surface area contributed by atoms with Crippen LogP contribution in [0.1, 0.15) is 57.4 Å². The highest BCUT2D eigenvalue weighted by Gasteiger charge is 2.24. The molecule has 20 heavy (non-hydrogen) atoms. The van der Waals surface area contributed by atoms with Gasteiger partial charge in [0.05, 0.1) is 0 Å². The maximum Gasteiger partial charge on any atom is 0.224 e. The summed E-state index contributed by atoms with van der Waals surface area (Å²) in [7, 11) is 0. The van der Waals surface area contributed by atoms with E-state index in [9.17, 15) is 4.79 Å². The molecule has 1 aliphatic rings. The molecular weight excluding hydrogens is 248 g/mol.